The van der Waals surface area contributed by atoms with E-state index in [0.29, 0.717) is 11.4 Å². The molecular formula is C16H17ClFNOS. The van der Waals surface area contributed by atoms with Crippen molar-refractivity contribution in [2.45, 2.75) is 39.2 Å². The molecule has 0 fully saturated rings. The van der Waals surface area contributed by atoms with E-state index in [2.05, 4.69) is 18.8 Å². The number of aliphatic hydroxyl groups excluding tert-OH is 1. The maximum absolute atomic E-state index is 13.1. The number of aliphatic hydroxyl groups is 1. The van der Waals surface area contributed by atoms with E-state index in [-0.39, 0.29) is 11.2 Å². The van der Waals surface area contributed by atoms with Crippen LogP contribution in [-0.4, -0.2) is 10.1 Å². The Labute approximate surface area is 132 Å². The third kappa shape index (κ3) is 3.12. The number of hydrogen-bond donors (Lipinski definition) is 1. The SMILES string of the molecule is CC1(C)Cc2nc(Cc3ccc(F)cc3Cl)sc2C(O)C1. The Morgan fingerprint density at radius 3 is 2.95 bits per heavy atom. The first-order valence-electron chi connectivity index (χ1n) is 6.94. The number of rotatable bonds is 2. The Balaban J connectivity index is 1.88. The van der Waals surface area contributed by atoms with Crippen LogP contribution in [-0.2, 0) is 12.8 Å². The van der Waals surface area contributed by atoms with Gasteiger partial charge in [-0.25, -0.2) is 9.37 Å². The minimum Gasteiger partial charge on any atom is -0.387 e. The van der Waals surface area contributed by atoms with Gasteiger partial charge in [0.05, 0.1) is 21.7 Å². The number of nitrogens with zero attached hydrogens (tertiary/aromatic N) is 1. The molecule has 21 heavy (non-hydrogen) atoms. The maximum atomic E-state index is 13.1. The van der Waals surface area contributed by atoms with Gasteiger partial charge in [-0.05, 0) is 36.0 Å². The van der Waals surface area contributed by atoms with Crippen LogP contribution >= 0.6 is 22.9 Å². The monoisotopic (exact) mass is 325 g/mol. The number of benzene rings is 1. The molecule has 0 aliphatic heterocycles. The molecular weight excluding hydrogens is 309 g/mol. The predicted molar refractivity (Wildman–Crippen MR) is 83.4 cm³/mol. The molecule has 0 saturated carbocycles. The molecule has 2 aromatic rings. The van der Waals surface area contributed by atoms with Gasteiger partial charge in [0.2, 0.25) is 0 Å². The summed E-state index contributed by atoms with van der Waals surface area (Å²) in [5.41, 5.74) is 1.93. The maximum Gasteiger partial charge on any atom is 0.124 e. The van der Waals surface area contributed by atoms with Crippen LogP contribution in [0.4, 0.5) is 4.39 Å². The van der Waals surface area contributed by atoms with Crippen LogP contribution in [0.15, 0.2) is 18.2 Å². The van der Waals surface area contributed by atoms with Crippen molar-refractivity contribution in [1.82, 2.24) is 4.98 Å². The summed E-state index contributed by atoms with van der Waals surface area (Å²) in [6.07, 6.45) is 1.79. The highest BCUT2D eigenvalue weighted by Gasteiger charge is 2.34. The van der Waals surface area contributed by atoms with Gasteiger partial charge in [0.25, 0.3) is 0 Å². The zero-order valence-corrected chi connectivity index (χ0v) is 13.6. The van der Waals surface area contributed by atoms with Crippen LogP contribution < -0.4 is 0 Å². The average molecular weight is 326 g/mol. The normalized spacial score (nSPS) is 20.3. The zero-order valence-electron chi connectivity index (χ0n) is 12.0. The largest absolute Gasteiger partial charge is 0.387 e. The molecule has 5 heteroatoms. The van der Waals surface area contributed by atoms with Crippen molar-refractivity contribution in [2.24, 2.45) is 5.41 Å². The molecule has 1 unspecified atom stereocenters. The van der Waals surface area contributed by atoms with Crippen molar-refractivity contribution in [3.63, 3.8) is 0 Å². The quantitative estimate of drug-likeness (QED) is 0.879. The van der Waals surface area contributed by atoms with Crippen LogP contribution in [0, 0.1) is 11.2 Å². The molecule has 0 bridgehead atoms. The van der Waals surface area contributed by atoms with Crippen molar-refractivity contribution >= 4 is 22.9 Å². The van der Waals surface area contributed by atoms with Crippen molar-refractivity contribution in [2.75, 3.05) is 0 Å². The lowest BCUT2D eigenvalue weighted by molar-refractivity contribution is 0.102. The van der Waals surface area contributed by atoms with Gasteiger partial charge in [-0.3, -0.25) is 0 Å². The molecule has 2 nitrogen and oxygen atoms in total. The summed E-state index contributed by atoms with van der Waals surface area (Å²) in [5, 5.41) is 11.6. The number of halogens is 2. The average Bonchev–Trinajstić information content (AvgIpc) is 2.74. The minimum atomic E-state index is -0.432. The Morgan fingerprint density at radius 1 is 1.48 bits per heavy atom. The smallest absolute Gasteiger partial charge is 0.124 e. The Hall–Kier alpha value is -0.970. The molecule has 1 N–H and O–H groups in total. The van der Waals surface area contributed by atoms with Gasteiger partial charge >= 0.3 is 0 Å². The van der Waals surface area contributed by atoms with E-state index in [0.717, 1.165) is 34.0 Å². The van der Waals surface area contributed by atoms with Gasteiger partial charge in [-0.2, -0.15) is 0 Å². The topological polar surface area (TPSA) is 33.1 Å². The van der Waals surface area contributed by atoms with Crippen molar-refractivity contribution in [3.05, 3.63) is 50.2 Å². The second-order valence-corrected chi connectivity index (χ2v) is 7.91. The summed E-state index contributed by atoms with van der Waals surface area (Å²) in [6.45, 7) is 4.30. The summed E-state index contributed by atoms with van der Waals surface area (Å²) in [7, 11) is 0. The van der Waals surface area contributed by atoms with Gasteiger partial charge in [-0.1, -0.05) is 31.5 Å². The molecule has 0 saturated heterocycles. The molecule has 3 rings (SSSR count). The first-order valence-corrected chi connectivity index (χ1v) is 8.14. The molecule has 0 amide bonds. The molecule has 0 spiro atoms. The van der Waals surface area contributed by atoms with Crippen molar-refractivity contribution < 1.29 is 9.50 Å². The Morgan fingerprint density at radius 2 is 2.24 bits per heavy atom. The lowest BCUT2D eigenvalue weighted by Crippen LogP contribution is -2.24. The minimum absolute atomic E-state index is 0.0747. The van der Waals surface area contributed by atoms with Gasteiger partial charge in [0.1, 0.15) is 5.82 Å². The Bertz CT molecular complexity index is 683. The third-order valence-electron chi connectivity index (χ3n) is 3.82. The standard InChI is InChI=1S/C16H17ClFNOS/c1-16(2)7-12-15(13(20)8-16)21-14(19-12)5-9-3-4-10(18)6-11(9)17/h3-4,6,13,20H,5,7-8H2,1-2H3. The van der Waals surface area contributed by atoms with Gasteiger partial charge < -0.3 is 5.11 Å². The Kier molecular flexibility index (Phi) is 3.80. The molecule has 1 aromatic carbocycles. The van der Waals surface area contributed by atoms with E-state index in [4.69, 9.17) is 11.6 Å². The summed E-state index contributed by atoms with van der Waals surface area (Å²) >= 11 is 7.61. The van der Waals surface area contributed by atoms with Gasteiger partial charge in [0, 0.05) is 11.4 Å². The highest BCUT2D eigenvalue weighted by atomic mass is 35.5. The number of hydrogen-bond acceptors (Lipinski definition) is 3. The molecule has 1 aromatic heterocycles. The first-order chi connectivity index (χ1) is 9.84. The fraction of sp³-hybridized carbons (Fsp3) is 0.438. The fourth-order valence-corrected chi connectivity index (χ4v) is 4.17. The van der Waals surface area contributed by atoms with E-state index in [1.165, 1.54) is 23.5 Å². The number of thiazole rings is 1. The molecule has 112 valence electrons. The summed E-state index contributed by atoms with van der Waals surface area (Å²) in [5.74, 6) is -0.334. The van der Waals surface area contributed by atoms with E-state index in [9.17, 15) is 9.50 Å². The fourth-order valence-electron chi connectivity index (χ4n) is 2.85. The third-order valence-corrected chi connectivity index (χ3v) is 5.37. The molecule has 1 heterocycles. The van der Waals surface area contributed by atoms with Crippen molar-refractivity contribution in [3.8, 4) is 0 Å². The summed E-state index contributed by atoms with van der Waals surface area (Å²) in [6, 6.07) is 4.42. The van der Waals surface area contributed by atoms with Crippen molar-refractivity contribution in [1.29, 1.82) is 0 Å². The van der Waals surface area contributed by atoms with Gasteiger partial charge in [0.15, 0.2) is 0 Å². The van der Waals surface area contributed by atoms with E-state index in [1.54, 1.807) is 6.07 Å². The number of aromatic nitrogens is 1. The lowest BCUT2D eigenvalue weighted by atomic mass is 9.77. The lowest BCUT2D eigenvalue weighted by Gasteiger charge is -2.31. The first kappa shape index (κ1) is 14.9. The number of fused-ring (bicyclic) bond motifs is 1. The second kappa shape index (κ2) is 5.34. The predicted octanol–water partition coefficient (Wildman–Crippen LogP) is 4.53. The van der Waals surface area contributed by atoms with Crippen LogP contribution in [0.1, 0.15) is 47.5 Å². The van der Waals surface area contributed by atoms with Crippen LogP contribution in [0.5, 0.6) is 0 Å². The highest BCUT2D eigenvalue weighted by molar-refractivity contribution is 7.11. The van der Waals surface area contributed by atoms with Crippen LogP contribution in [0.3, 0.4) is 0 Å². The molecule has 1 aliphatic carbocycles. The van der Waals surface area contributed by atoms with E-state index >= 15 is 0 Å². The van der Waals surface area contributed by atoms with Gasteiger partial charge in [-0.15, -0.1) is 11.3 Å². The highest BCUT2D eigenvalue weighted by Crippen LogP contribution is 2.43. The molecule has 1 atom stereocenters. The van der Waals surface area contributed by atoms with Crippen LogP contribution in [0.25, 0.3) is 0 Å². The zero-order chi connectivity index (χ0) is 15.2. The molecule has 0 radical (unpaired) electrons. The second-order valence-electron chi connectivity index (χ2n) is 6.39. The van der Waals surface area contributed by atoms with Crippen LogP contribution in [0.2, 0.25) is 5.02 Å². The van der Waals surface area contributed by atoms with E-state index < -0.39 is 6.10 Å². The van der Waals surface area contributed by atoms with E-state index in [1.807, 2.05) is 0 Å². The summed E-state index contributed by atoms with van der Waals surface area (Å²) < 4.78 is 13.1. The summed E-state index contributed by atoms with van der Waals surface area (Å²) in [4.78, 5) is 5.64. The molecule has 1 aliphatic rings.